The smallest absolute Gasteiger partial charge is 0.226 e. The third kappa shape index (κ3) is 4.09. The first-order valence-corrected chi connectivity index (χ1v) is 11.8. The number of hydrogen-bond acceptors (Lipinski definition) is 4. The minimum absolute atomic E-state index is 0.00255. The largest absolute Gasteiger partial charge is 0.352 e. The van der Waals surface area contributed by atoms with Gasteiger partial charge in [0.1, 0.15) is 0 Å². The van der Waals surface area contributed by atoms with E-state index in [1.807, 2.05) is 66.7 Å². The van der Waals surface area contributed by atoms with E-state index >= 15 is 0 Å². The molecular weight excluding hydrogens is 436 g/mol. The van der Waals surface area contributed by atoms with Gasteiger partial charge in [0.2, 0.25) is 5.91 Å². The molecule has 2 N–H and O–H groups in total. The van der Waals surface area contributed by atoms with Crippen LogP contribution in [0.1, 0.15) is 29.1 Å². The van der Waals surface area contributed by atoms with E-state index in [0.717, 1.165) is 22.2 Å². The van der Waals surface area contributed by atoms with Crippen LogP contribution in [0.4, 0.5) is 5.69 Å². The molecule has 2 aromatic carbocycles. The molecule has 1 fully saturated rings. The number of fused-ring (bicyclic) bond motifs is 1. The summed E-state index contributed by atoms with van der Waals surface area (Å²) in [7, 11) is 0. The van der Waals surface area contributed by atoms with Gasteiger partial charge in [0, 0.05) is 35.1 Å². The molecule has 3 heterocycles. The standard InChI is InChI=1S/C25H22N4OS2/c30-22(27-19-11-5-8-17-7-1-2-9-18(17)19)13-15-29-24(21-12-6-16-32-21)23(28-25(29)31)20-10-3-4-14-26-20/h1-12,14,16,23-24H,13,15H2,(H,27,30)(H,28,31)/t23-,24+/m1/s1. The van der Waals surface area contributed by atoms with Crippen molar-refractivity contribution in [2.24, 2.45) is 0 Å². The Hall–Kier alpha value is -3.29. The molecule has 2 aromatic heterocycles. The minimum atomic E-state index is -0.0523. The molecule has 0 aliphatic carbocycles. The number of amides is 1. The summed E-state index contributed by atoms with van der Waals surface area (Å²) in [5.41, 5.74) is 1.77. The highest BCUT2D eigenvalue weighted by Gasteiger charge is 2.40. The van der Waals surface area contributed by atoms with Gasteiger partial charge in [-0.2, -0.15) is 0 Å². The first-order valence-electron chi connectivity index (χ1n) is 10.5. The Morgan fingerprint density at radius 2 is 1.91 bits per heavy atom. The Balaban J connectivity index is 1.33. The lowest BCUT2D eigenvalue weighted by Crippen LogP contribution is -2.32. The van der Waals surface area contributed by atoms with Crippen LogP contribution in [0.2, 0.25) is 0 Å². The van der Waals surface area contributed by atoms with Crippen molar-refractivity contribution in [2.45, 2.75) is 18.5 Å². The maximum atomic E-state index is 12.9. The summed E-state index contributed by atoms with van der Waals surface area (Å²) in [6.45, 7) is 0.522. The fourth-order valence-corrected chi connectivity index (χ4v) is 5.39. The van der Waals surface area contributed by atoms with E-state index in [1.165, 1.54) is 4.88 Å². The molecule has 0 radical (unpaired) electrons. The van der Waals surface area contributed by atoms with Crippen molar-refractivity contribution in [2.75, 3.05) is 11.9 Å². The molecule has 1 aliphatic heterocycles. The third-order valence-corrected chi connectivity index (χ3v) is 6.97. The number of pyridine rings is 1. The number of aromatic nitrogens is 1. The number of anilines is 1. The summed E-state index contributed by atoms with van der Waals surface area (Å²) in [5, 5.41) is 11.4. The van der Waals surface area contributed by atoms with Gasteiger partial charge in [0.25, 0.3) is 0 Å². The fraction of sp³-hybridized carbons (Fsp3) is 0.160. The zero-order valence-electron chi connectivity index (χ0n) is 17.3. The van der Waals surface area contributed by atoms with Crippen LogP contribution in [0.25, 0.3) is 10.8 Å². The summed E-state index contributed by atoms with van der Waals surface area (Å²) in [6.07, 6.45) is 2.13. The molecule has 0 spiro atoms. The average molecular weight is 459 g/mol. The Morgan fingerprint density at radius 3 is 2.72 bits per heavy atom. The quantitative estimate of drug-likeness (QED) is 0.384. The highest BCUT2D eigenvalue weighted by atomic mass is 32.1. The molecule has 0 saturated carbocycles. The summed E-state index contributed by atoms with van der Waals surface area (Å²) < 4.78 is 0. The molecule has 1 saturated heterocycles. The Labute approximate surface area is 196 Å². The maximum Gasteiger partial charge on any atom is 0.226 e. The van der Waals surface area contributed by atoms with E-state index in [-0.39, 0.29) is 18.0 Å². The summed E-state index contributed by atoms with van der Waals surface area (Å²) in [5.74, 6) is -0.0321. The number of nitrogens with one attached hydrogen (secondary N) is 2. The predicted molar refractivity (Wildman–Crippen MR) is 134 cm³/mol. The number of thiophene rings is 1. The lowest BCUT2D eigenvalue weighted by Gasteiger charge is -2.26. The zero-order valence-corrected chi connectivity index (χ0v) is 18.9. The number of nitrogens with zero attached hydrogens (tertiary/aromatic N) is 2. The molecule has 7 heteroatoms. The number of carbonyl (C=O) groups is 1. The van der Waals surface area contributed by atoms with Crippen molar-refractivity contribution in [1.82, 2.24) is 15.2 Å². The molecule has 2 atom stereocenters. The maximum absolute atomic E-state index is 12.9. The Kier molecular flexibility index (Phi) is 5.83. The molecule has 1 aliphatic rings. The highest BCUT2D eigenvalue weighted by Crippen LogP contribution is 2.40. The summed E-state index contributed by atoms with van der Waals surface area (Å²) in [4.78, 5) is 20.7. The lowest BCUT2D eigenvalue weighted by atomic mass is 10.0. The normalized spacial score (nSPS) is 18.0. The third-order valence-electron chi connectivity index (χ3n) is 5.68. The Morgan fingerprint density at radius 1 is 1.06 bits per heavy atom. The summed E-state index contributed by atoms with van der Waals surface area (Å²) in [6, 6.07) is 24.0. The molecule has 5 nitrogen and oxygen atoms in total. The van der Waals surface area contributed by atoms with Gasteiger partial charge in [-0.25, -0.2) is 0 Å². The van der Waals surface area contributed by atoms with Crippen LogP contribution >= 0.6 is 23.6 Å². The Bertz CT molecular complexity index is 1240. The number of rotatable bonds is 6. The average Bonchev–Trinajstić information content (AvgIpc) is 3.46. The van der Waals surface area contributed by atoms with Gasteiger partial charge in [0.05, 0.1) is 17.8 Å². The molecule has 32 heavy (non-hydrogen) atoms. The van der Waals surface area contributed by atoms with Crippen LogP contribution in [-0.2, 0) is 4.79 Å². The van der Waals surface area contributed by atoms with Gasteiger partial charge in [-0.3, -0.25) is 9.78 Å². The molecule has 5 rings (SSSR count). The van der Waals surface area contributed by atoms with Crippen LogP contribution in [0.3, 0.4) is 0 Å². The van der Waals surface area contributed by atoms with Crippen molar-refractivity contribution >= 4 is 51.0 Å². The number of hydrogen-bond donors (Lipinski definition) is 2. The fourth-order valence-electron chi connectivity index (χ4n) is 4.18. The SMILES string of the molecule is O=C(CCN1C(=S)N[C@H](c2ccccn2)[C@@H]1c1cccs1)Nc1cccc2ccccc12. The van der Waals surface area contributed by atoms with Gasteiger partial charge in [-0.05, 0) is 47.2 Å². The van der Waals surface area contributed by atoms with Crippen LogP contribution in [0.5, 0.6) is 0 Å². The van der Waals surface area contributed by atoms with Crippen LogP contribution in [0.15, 0.2) is 84.4 Å². The van der Waals surface area contributed by atoms with Gasteiger partial charge < -0.3 is 15.5 Å². The van der Waals surface area contributed by atoms with Crippen LogP contribution < -0.4 is 10.6 Å². The lowest BCUT2D eigenvalue weighted by molar-refractivity contribution is -0.116. The molecular formula is C25H22N4OS2. The number of benzene rings is 2. The van der Waals surface area contributed by atoms with E-state index in [0.29, 0.717) is 18.1 Å². The second-order valence-electron chi connectivity index (χ2n) is 7.66. The van der Waals surface area contributed by atoms with Gasteiger partial charge >= 0.3 is 0 Å². The van der Waals surface area contributed by atoms with Crippen LogP contribution in [-0.4, -0.2) is 27.4 Å². The summed E-state index contributed by atoms with van der Waals surface area (Å²) >= 11 is 7.37. The van der Waals surface area contributed by atoms with Crippen molar-refractivity contribution in [3.05, 3.63) is 94.9 Å². The highest BCUT2D eigenvalue weighted by molar-refractivity contribution is 7.80. The van der Waals surface area contributed by atoms with E-state index in [1.54, 1.807) is 17.5 Å². The molecule has 160 valence electrons. The zero-order chi connectivity index (χ0) is 21.9. The van der Waals surface area contributed by atoms with Gasteiger partial charge in [-0.15, -0.1) is 11.3 Å². The van der Waals surface area contributed by atoms with Crippen LogP contribution in [0, 0.1) is 0 Å². The first kappa shape index (κ1) is 20.6. The number of carbonyl (C=O) groups excluding carboxylic acids is 1. The minimum Gasteiger partial charge on any atom is -0.352 e. The topological polar surface area (TPSA) is 57.3 Å². The monoisotopic (exact) mass is 458 g/mol. The molecule has 0 unspecified atom stereocenters. The van der Waals surface area contributed by atoms with Gasteiger partial charge in [-0.1, -0.05) is 48.5 Å². The second-order valence-corrected chi connectivity index (χ2v) is 9.03. The molecule has 1 amide bonds. The number of thiocarbonyl (C=S) groups is 1. The molecule has 0 bridgehead atoms. The van der Waals surface area contributed by atoms with Crippen molar-refractivity contribution in [1.29, 1.82) is 0 Å². The van der Waals surface area contributed by atoms with Crippen molar-refractivity contribution < 1.29 is 4.79 Å². The van der Waals surface area contributed by atoms with E-state index < -0.39 is 0 Å². The molecule has 4 aromatic rings. The van der Waals surface area contributed by atoms with E-state index in [9.17, 15) is 4.79 Å². The van der Waals surface area contributed by atoms with E-state index in [2.05, 4.69) is 32.0 Å². The predicted octanol–water partition coefficient (Wildman–Crippen LogP) is 5.30. The van der Waals surface area contributed by atoms with Crippen molar-refractivity contribution in [3.63, 3.8) is 0 Å². The second kappa shape index (κ2) is 9.06. The first-order chi connectivity index (χ1) is 15.7. The van der Waals surface area contributed by atoms with E-state index in [4.69, 9.17) is 12.2 Å². The van der Waals surface area contributed by atoms with Crippen molar-refractivity contribution in [3.8, 4) is 0 Å². The van der Waals surface area contributed by atoms with Gasteiger partial charge in [0.15, 0.2) is 5.11 Å².